The molecule has 3 nitrogen and oxygen atoms in total. The van der Waals surface area contributed by atoms with Crippen molar-refractivity contribution in [1.29, 1.82) is 0 Å². The lowest BCUT2D eigenvalue weighted by atomic mass is 10.1. The summed E-state index contributed by atoms with van der Waals surface area (Å²) >= 11 is 18.2. The van der Waals surface area contributed by atoms with E-state index in [9.17, 15) is 5.11 Å². The van der Waals surface area contributed by atoms with Crippen LogP contribution in [0.2, 0.25) is 15.1 Å². The third kappa shape index (κ3) is 2.36. The van der Waals surface area contributed by atoms with E-state index in [1.807, 2.05) is 6.92 Å². The number of nitrogens with zero attached hydrogens (tertiary/aromatic N) is 2. The van der Waals surface area contributed by atoms with Gasteiger partial charge in [-0.2, -0.15) is 5.10 Å². The van der Waals surface area contributed by atoms with E-state index < -0.39 is 6.10 Å². The number of aliphatic hydroxyl groups is 1. The number of aryl methyl sites for hydroxylation is 1. The zero-order chi connectivity index (χ0) is 13.3. The summed E-state index contributed by atoms with van der Waals surface area (Å²) in [5, 5.41) is 15.7. The Morgan fingerprint density at radius 2 is 1.83 bits per heavy atom. The first kappa shape index (κ1) is 13.7. The van der Waals surface area contributed by atoms with Gasteiger partial charge in [-0.15, -0.1) is 0 Å². The van der Waals surface area contributed by atoms with Gasteiger partial charge >= 0.3 is 0 Å². The Hall–Kier alpha value is -0.740. The molecule has 96 valence electrons. The van der Waals surface area contributed by atoms with Crippen molar-refractivity contribution >= 4 is 34.8 Å². The molecule has 0 radical (unpaired) electrons. The summed E-state index contributed by atoms with van der Waals surface area (Å²) in [5.41, 5.74) is 0.937. The Morgan fingerprint density at radius 1 is 1.22 bits per heavy atom. The maximum Gasteiger partial charge on any atom is 0.125 e. The van der Waals surface area contributed by atoms with E-state index in [2.05, 4.69) is 5.10 Å². The third-order valence-corrected chi connectivity index (χ3v) is 3.62. The maximum atomic E-state index is 10.4. The number of hydrogen-bond acceptors (Lipinski definition) is 2. The van der Waals surface area contributed by atoms with E-state index in [0.29, 0.717) is 32.9 Å². The third-order valence-electron chi connectivity index (χ3n) is 2.66. The summed E-state index contributed by atoms with van der Waals surface area (Å²) in [6, 6.07) is 5.07. The molecule has 1 atom stereocenters. The van der Waals surface area contributed by atoms with E-state index >= 15 is 0 Å². The molecule has 1 unspecified atom stereocenters. The van der Waals surface area contributed by atoms with Gasteiger partial charge in [0.2, 0.25) is 0 Å². The van der Waals surface area contributed by atoms with Gasteiger partial charge in [-0.25, -0.2) is 0 Å². The summed E-state index contributed by atoms with van der Waals surface area (Å²) in [6.07, 6.45) is 0.495. The van der Waals surface area contributed by atoms with Gasteiger partial charge in [-0.1, -0.05) is 40.9 Å². The first-order valence-electron chi connectivity index (χ1n) is 5.39. The molecule has 0 aliphatic rings. The highest BCUT2D eigenvalue weighted by atomic mass is 35.5. The summed E-state index contributed by atoms with van der Waals surface area (Å²) in [5.74, 6) is 0. The van der Waals surface area contributed by atoms with Crippen LogP contribution >= 0.6 is 34.8 Å². The topological polar surface area (TPSA) is 38.0 Å². The van der Waals surface area contributed by atoms with Gasteiger partial charge in [-0.3, -0.25) is 4.68 Å². The van der Waals surface area contributed by atoms with E-state index in [0.717, 1.165) is 0 Å². The molecule has 0 amide bonds. The lowest BCUT2D eigenvalue weighted by molar-refractivity contribution is 0.208. The van der Waals surface area contributed by atoms with Crippen LogP contribution in [0.1, 0.15) is 24.3 Å². The van der Waals surface area contributed by atoms with Gasteiger partial charge < -0.3 is 5.11 Å². The van der Waals surface area contributed by atoms with Crippen LogP contribution in [0.25, 0.3) is 0 Å². The van der Waals surface area contributed by atoms with E-state index in [4.69, 9.17) is 34.8 Å². The molecule has 0 bridgehead atoms. The average molecular weight is 306 g/mol. The monoisotopic (exact) mass is 304 g/mol. The molecule has 1 aromatic carbocycles. The quantitative estimate of drug-likeness (QED) is 0.932. The Kier molecular flexibility index (Phi) is 4.17. The van der Waals surface area contributed by atoms with Crippen LogP contribution in [0.4, 0.5) is 0 Å². The molecule has 0 spiro atoms. The molecule has 1 N–H and O–H groups in total. The average Bonchev–Trinajstić information content (AvgIpc) is 2.70. The van der Waals surface area contributed by atoms with Crippen molar-refractivity contribution < 1.29 is 5.11 Å². The van der Waals surface area contributed by atoms with Crippen molar-refractivity contribution in [3.8, 4) is 0 Å². The lowest BCUT2D eigenvalue weighted by Crippen LogP contribution is -2.10. The Bertz CT molecular complexity index is 548. The molecule has 0 saturated heterocycles. The molecule has 2 aromatic rings. The zero-order valence-corrected chi connectivity index (χ0v) is 11.8. The molecule has 18 heavy (non-hydrogen) atoms. The van der Waals surface area contributed by atoms with Gasteiger partial charge in [-0.05, 0) is 19.1 Å². The first-order chi connectivity index (χ1) is 8.56. The van der Waals surface area contributed by atoms with Crippen LogP contribution in [-0.4, -0.2) is 14.9 Å². The summed E-state index contributed by atoms with van der Waals surface area (Å²) in [7, 11) is 0. The van der Waals surface area contributed by atoms with Crippen LogP contribution in [0, 0.1) is 0 Å². The number of halogens is 3. The minimum Gasteiger partial charge on any atom is -0.382 e. The molecular formula is C12H11Cl3N2O. The van der Waals surface area contributed by atoms with Crippen LogP contribution in [0.3, 0.4) is 0 Å². The van der Waals surface area contributed by atoms with Gasteiger partial charge in [0.1, 0.15) is 6.10 Å². The maximum absolute atomic E-state index is 10.4. The fraction of sp³-hybridized carbons (Fsp3) is 0.250. The molecule has 0 aliphatic carbocycles. The highest BCUT2D eigenvalue weighted by Gasteiger charge is 2.23. The second-order valence-corrected chi connectivity index (χ2v) is 4.95. The number of hydrogen-bond donors (Lipinski definition) is 1. The summed E-state index contributed by atoms with van der Waals surface area (Å²) in [6.45, 7) is 2.51. The number of aliphatic hydroxyl groups excluding tert-OH is 1. The zero-order valence-electron chi connectivity index (χ0n) is 9.57. The van der Waals surface area contributed by atoms with Gasteiger partial charge in [0.15, 0.2) is 0 Å². The SMILES string of the molecule is CCn1ncc(Cl)c1C(O)c1c(Cl)cccc1Cl. The summed E-state index contributed by atoms with van der Waals surface area (Å²) in [4.78, 5) is 0. The highest BCUT2D eigenvalue weighted by Crippen LogP contribution is 2.36. The predicted octanol–water partition coefficient (Wildman–Crippen LogP) is 3.94. The van der Waals surface area contributed by atoms with Crippen LogP contribution in [0.15, 0.2) is 24.4 Å². The fourth-order valence-electron chi connectivity index (χ4n) is 1.80. The van der Waals surface area contributed by atoms with Crippen LogP contribution in [-0.2, 0) is 6.54 Å². The predicted molar refractivity (Wildman–Crippen MR) is 73.4 cm³/mol. The fourth-order valence-corrected chi connectivity index (χ4v) is 2.65. The molecule has 6 heteroatoms. The van der Waals surface area contributed by atoms with E-state index in [1.54, 1.807) is 22.9 Å². The second kappa shape index (κ2) is 5.49. The first-order valence-corrected chi connectivity index (χ1v) is 6.52. The molecule has 0 aliphatic heterocycles. The highest BCUT2D eigenvalue weighted by molar-refractivity contribution is 6.36. The Balaban J connectivity index is 2.54. The van der Waals surface area contributed by atoms with Crippen molar-refractivity contribution in [3.63, 3.8) is 0 Å². The van der Waals surface area contributed by atoms with Crippen molar-refractivity contribution in [2.75, 3.05) is 0 Å². The molecule has 2 rings (SSSR count). The molecule has 0 saturated carbocycles. The molecular weight excluding hydrogens is 295 g/mol. The van der Waals surface area contributed by atoms with Gasteiger partial charge in [0.25, 0.3) is 0 Å². The van der Waals surface area contributed by atoms with Gasteiger partial charge in [0, 0.05) is 22.2 Å². The van der Waals surface area contributed by atoms with E-state index in [1.165, 1.54) is 6.20 Å². The van der Waals surface area contributed by atoms with Gasteiger partial charge in [0.05, 0.1) is 16.9 Å². The van der Waals surface area contributed by atoms with Crippen LogP contribution in [0.5, 0.6) is 0 Å². The minimum atomic E-state index is -0.999. The van der Waals surface area contributed by atoms with Crippen molar-refractivity contribution in [3.05, 3.63) is 50.7 Å². The Morgan fingerprint density at radius 3 is 2.39 bits per heavy atom. The van der Waals surface area contributed by atoms with Crippen molar-refractivity contribution in [1.82, 2.24) is 9.78 Å². The van der Waals surface area contributed by atoms with Crippen molar-refractivity contribution in [2.24, 2.45) is 0 Å². The second-order valence-electron chi connectivity index (χ2n) is 3.73. The molecule has 1 aromatic heterocycles. The number of rotatable bonds is 3. The van der Waals surface area contributed by atoms with E-state index in [-0.39, 0.29) is 0 Å². The molecule has 0 fully saturated rings. The lowest BCUT2D eigenvalue weighted by Gasteiger charge is -2.16. The molecule has 1 heterocycles. The largest absolute Gasteiger partial charge is 0.382 e. The number of aromatic nitrogens is 2. The number of benzene rings is 1. The van der Waals surface area contributed by atoms with Crippen molar-refractivity contribution in [2.45, 2.75) is 19.6 Å². The van der Waals surface area contributed by atoms with Crippen LogP contribution < -0.4 is 0 Å². The normalized spacial score (nSPS) is 12.7. The standard InChI is InChI=1S/C12H11Cl3N2O/c1-2-17-11(9(15)6-16-17)12(18)10-7(13)4-3-5-8(10)14/h3-6,12,18H,2H2,1H3. The minimum absolute atomic E-state index is 0.389. The smallest absolute Gasteiger partial charge is 0.125 e. The summed E-state index contributed by atoms with van der Waals surface area (Å²) < 4.78 is 1.62. The Labute approximate surface area is 120 Å².